The molecule has 29 heavy (non-hydrogen) atoms. The molecule has 0 saturated heterocycles. The van der Waals surface area contributed by atoms with Gasteiger partial charge in [0.05, 0.1) is 24.6 Å². The van der Waals surface area contributed by atoms with Crippen molar-refractivity contribution in [2.75, 3.05) is 18.5 Å². The number of thiophene rings is 1. The first kappa shape index (κ1) is 21.6. The second-order valence-electron chi connectivity index (χ2n) is 6.37. The highest BCUT2D eigenvalue weighted by Gasteiger charge is 2.39. The lowest BCUT2D eigenvalue weighted by Crippen LogP contribution is -2.22. The van der Waals surface area contributed by atoms with E-state index in [1.807, 2.05) is 61.8 Å². The van der Waals surface area contributed by atoms with Crippen LogP contribution < -0.4 is 10.9 Å². The first-order valence-electron chi connectivity index (χ1n) is 9.45. The number of nitrogens with one attached hydrogen (secondary N) is 1. The molecule has 0 aliphatic rings. The lowest BCUT2D eigenvalue weighted by Gasteiger charge is -2.26. The molecule has 0 aliphatic heterocycles. The fourth-order valence-electron chi connectivity index (χ4n) is 3.17. The third kappa shape index (κ3) is 4.26. The predicted octanol–water partition coefficient (Wildman–Crippen LogP) is 4.92. The Morgan fingerprint density at radius 2 is 1.76 bits per heavy atom. The van der Waals surface area contributed by atoms with E-state index in [1.165, 1.54) is 11.3 Å². The number of aromatic nitrogens is 2. The molecule has 0 bridgehead atoms. The van der Waals surface area contributed by atoms with E-state index in [2.05, 4.69) is 5.32 Å². The van der Waals surface area contributed by atoms with Crippen LogP contribution in [0.25, 0.3) is 5.69 Å². The van der Waals surface area contributed by atoms with Gasteiger partial charge in [0, 0.05) is 11.9 Å². The van der Waals surface area contributed by atoms with Gasteiger partial charge in [-0.2, -0.15) is 0 Å². The molecule has 3 aromatic rings. The maximum Gasteiger partial charge on any atom is 0.358 e. The Hall–Kier alpha value is -2.12. The van der Waals surface area contributed by atoms with E-state index in [0.29, 0.717) is 5.69 Å². The van der Waals surface area contributed by atoms with Gasteiger partial charge in [0.2, 0.25) is 0 Å². The van der Waals surface area contributed by atoms with Crippen molar-refractivity contribution in [1.29, 1.82) is 0 Å². The molecule has 0 radical (unpaired) electrons. The number of para-hydroxylation sites is 1. The number of hydrogen-bond acceptors (Lipinski definition) is 6. The van der Waals surface area contributed by atoms with E-state index in [-0.39, 0.29) is 18.8 Å². The van der Waals surface area contributed by atoms with Gasteiger partial charge in [-0.05, 0) is 44.4 Å². The first-order chi connectivity index (χ1) is 13.9. The van der Waals surface area contributed by atoms with E-state index in [1.54, 1.807) is 23.2 Å². The van der Waals surface area contributed by atoms with Crippen LogP contribution in [0.15, 0.2) is 52.6 Å². The zero-order valence-electron chi connectivity index (χ0n) is 17.0. The van der Waals surface area contributed by atoms with E-state index >= 15 is 0 Å². The molecule has 0 amide bonds. The fraction of sp³-hybridized carbons (Fsp3) is 0.350. The van der Waals surface area contributed by atoms with E-state index < -0.39 is 13.4 Å². The summed E-state index contributed by atoms with van der Waals surface area (Å²) >= 11 is 1.44. The molecule has 9 heteroatoms. The van der Waals surface area contributed by atoms with Crippen molar-refractivity contribution in [1.82, 2.24) is 9.36 Å². The summed E-state index contributed by atoms with van der Waals surface area (Å²) in [4.78, 5) is 14.1. The summed E-state index contributed by atoms with van der Waals surface area (Å²) < 4.78 is 28.1. The van der Waals surface area contributed by atoms with E-state index in [9.17, 15) is 9.36 Å². The molecule has 0 spiro atoms. The van der Waals surface area contributed by atoms with Crippen LogP contribution in [0.3, 0.4) is 0 Å². The fourth-order valence-corrected chi connectivity index (χ4v) is 6.18. The lowest BCUT2D eigenvalue weighted by molar-refractivity contribution is 0.214. The second-order valence-corrected chi connectivity index (χ2v) is 9.47. The van der Waals surface area contributed by atoms with E-state index in [4.69, 9.17) is 9.05 Å². The van der Waals surface area contributed by atoms with Crippen molar-refractivity contribution in [3.05, 3.63) is 68.8 Å². The molecule has 3 rings (SSSR count). The van der Waals surface area contributed by atoms with Crippen molar-refractivity contribution in [2.24, 2.45) is 7.05 Å². The van der Waals surface area contributed by atoms with Gasteiger partial charge in [-0.15, -0.1) is 11.3 Å². The summed E-state index contributed by atoms with van der Waals surface area (Å²) in [7, 11) is -1.74. The zero-order valence-corrected chi connectivity index (χ0v) is 18.7. The van der Waals surface area contributed by atoms with Crippen LogP contribution in [-0.4, -0.2) is 22.6 Å². The number of nitrogens with zero attached hydrogens (tertiary/aromatic N) is 2. The standard InChI is InChI=1S/C20H26N3O4PS/c1-5-26-28(25,27-6-2)19(17-13-10-14-29-17)21-18-15(3)22(4)23(20(18)24)16-11-8-7-9-12-16/h7-14,19,21H,5-6H2,1-4H3. The van der Waals surface area contributed by atoms with Gasteiger partial charge in [-0.1, -0.05) is 24.3 Å². The summed E-state index contributed by atoms with van der Waals surface area (Å²) in [6.07, 6.45) is 0. The first-order valence-corrected chi connectivity index (χ1v) is 11.9. The summed E-state index contributed by atoms with van der Waals surface area (Å²) in [6.45, 7) is 5.87. The van der Waals surface area contributed by atoms with Gasteiger partial charge >= 0.3 is 7.60 Å². The molecular weight excluding hydrogens is 409 g/mol. The molecule has 1 unspecified atom stereocenters. The Labute approximate surface area is 174 Å². The van der Waals surface area contributed by atoms with Crippen LogP contribution in [0, 0.1) is 6.92 Å². The van der Waals surface area contributed by atoms with Crippen LogP contribution in [0.2, 0.25) is 0 Å². The quantitative estimate of drug-likeness (QED) is 0.483. The molecule has 7 nitrogen and oxygen atoms in total. The highest BCUT2D eigenvalue weighted by atomic mass is 32.1. The largest absolute Gasteiger partial charge is 0.361 e. The second kappa shape index (κ2) is 9.13. The van der Waals surface area contributed by atoms with Gasteiger partial charge in [-0.25, -0.2) is 4.68 Å². The third-order valence-corrected chi connectivity index (χ3v) is 7.97. The third-order valence-electron chi connectivity index (χ3n) is 4.58. The Morgan fingerprint density at radius 3 is 2.31 bits per heavy atom. The number of hydrogen-bond donors (Lipinski definition) is 1. The van der Waals surface area contributed by atoms with Gasteiger partial charge in [0.15, 0.2) is 5.78 Å². The summed E-state index contributed by atoms with van der Waals surface area (Å²) in [5.74, 6) is -0.777. The summed E-state index contributed by atoms with van der Waals surface area (Å²) in [5, 5.41) is 5.10. The topological polar surface area (TPSA) is 74.5 Å². The van der Waals surface area contributed by atoms with Crippen molar-refractivity contribution in [3.8, 4) is 5.69 Å². The maximum absolute atomic E-state index is 13.6. The molecule has 0 fully saturated rings. The Bertz CT molecular complexity index is 1030. The van der Waals surface area contributed by atoms with Crippen LogP contribution in [0.5, 0.6) is 0 Å². The molecule has 1 N–H and O–H groups in total. The molecule has 1 aromatic carbocycles. The normalized spacial score (nSPS) is 12.8. The Balaban J connectivity index is 2.10. The van der Waals surface area contributed by atoms with Gasteiger partial charge in [0.1, 0.15) is 5.69 Å². The number of anilines is 1. The molecular formula is C20H26N3O4PS. The average molecular weight is 435 g/mol. The van der Waals surface area contributed by atoms with Crippen LogP contribution in [0.4, 0.5) is 5.69 Å². The smallest absolute Gasteiger partial charge is 0.358 e. The lowest BCUT2D eigenvalue weighted by atomic mass is 10.3. The minimum Gasteiger partial charge on any atom is -0.361 e. The minimum absolute atomic E-state index is 0.225. The predicted molar refractivity (Wildman–Crippen MR) is 117 cm³/mol. The van der Waals surface area contributed by atoms with Crippen molar-refractivity contribution >= 4 is 24.6 Å². The monoisotopic (exact) mass is 435 g/mol. The Kier molecular flexibility index (Phi) is 6.80. The maximum atomic E-state index is 13.6. The number of benzene rings is 1. The highest BCUT2D eigenvalue weighted by molar-refractivity contribution is 7.54. The zero-order chi connectivity index (χ0) is 21.0. The molecule has 0 saturated carbocycles. The molecule has 1 atom stereocenters. The average Bonchev–Trinajstić information content (AvgIpc) is 3.29. The van der Waals surface area contributed by atoms with Crippen molar-refractivity contribution in [2.45, 2.75) is 26.6 Å². The SMILES string of the molecule is CCOP(=O)(OCC)C(Nc1c(C)n(C)n(-c2ccccc2)c1=O)c1cccs1. The molecule has 2 aromatic heterocycles. The highest BCUT2D eigenvalue weighted by Crippen LogP contribution is 2.61. The van der Waals surface area contributed by atoms with E-state index in [0.717, 1.165) is 16.3 Å². The molecule has 156 valence electrons. The minimum atomic E-state index is -3.56. The number of rotatable bonds is 9. The van der Waals surface area contributed by atoms with Crippen molar-refractivity contribution < 1.29 is 13.6 Å². The van der Waals surface area contributed by atoms with Gasteiger partial charge in [-0.3, -0.25) is 14.0 Å². The van der Waals surface area contributed by atoms with Crippen LogP contribution >= 0.6 is 18.9 Å². The Morgan fingerprint density at radius 1 is 1.10 bits per heavy atom. The summed E-state index contributed by atoms with van der Waals surface area (Å²) in [5.41, 5.74) is 1.62. The van der Waals surface area contributed by atoms with Gasteiger partial charge in [0.25, 0.3) is 5.56 Å². The van der Waals surface area contributed by atoms with Crippen LogP contribution in [-0.2, 0) is 20.7 Å². The van der Waals surface area contributed by atoms with Gasteiger partial charge < -0.3 is 14.4 Å². The summed E-state index contributed by atoms with van der Waals surface area (Å²) in [6, 6.07) is 13.1. The molecule has 2 heterocycles. The van der Waals surface area contributed by atoms with Crippen molar-refractivity contribution in [3.63, 3.8) is 0 Å². The molecule has 0 aliphatic carbocycles. The van der Waals surface area contributed by atoms with Crippen LogP contribution in [0.1, 0.15) is 30.2 Å².